The van der Waals surface area contributed by atoms with Crippen LogP contribution in [0.1, 0.15) is 40.0 Å². The van der Waals surface area contributed by atoms with Gasteiger partial charge in [0.1, 0.15) is 0 Å². The molecular weight excluding hydrogens is 152 g/mol. The minimum Gasteiger partial charge on any atom is -0.368 e. The Morgan fingerprint density at radius 2 is 2.00 bits per heavy atom. The second-order valence-electron chi connectivity index (χ2n) is 4.22. The molecular formula is C10H20O2. The third-order valence-corrected chi connectivity index (χ3v) is 2.78. The second-order valence-corrected chi connectivity index (χ2v) is 4.22. The van der Waals surface area contributed by atoms with Crippen molar-refractivity contribution >= 4 is 0 Å². The third kappa shape index (κ3) is 2.76. The molecule has 1 aliphatic rings. The Hall–Kier alpha value is -0.0800. The average Bonchev–Trinajstić information content (AvgIpc) is 2.11. The molecule has 2 nitrogen and oxygen atoms in total. The van der Waals surface area contributed by atoms with E-state index in [9.17, 15) is 5.11 Å². The van der Waals surface area contributed by atoms with Crippen molar-refractivity contribution in [1.29, 1.82) is 0 Å². The summed E-state index contributed by atoms with van der Waals surface area (Å²) >= 11 is 0. The minimum atomic E-state index is -0.533. The molecule has 0 bridgehead atoms. The fourth-order valence-corrected chi connectivity index (χ4v) is 1.82. The zero-order chi connectivity index (χ0) is 9.14. The lowest BCUT2D eigenvalue weighted by Gasteiger charge is -2.19. The Bertz CT molecular complexity index is 134. The number of hydrogen-bond acceptors (Lipinski definition) is 2. The molecule has 0 aromatic heterocycles. The molecule has 12 heavy (non-hydrogen) atoms. The van der Waals surface area contributed by atoms with E-state index < -0.39 is 6.29 Å². The van der Waals surface area contributed by atoms with E-state index in [-0.39, 0.29) is 6.10 Å². The van der Waals surface area contributed by atoms with Crippen LogP contribution >= 0.6 is 0 Å². The summed E-state index contributed by atoms with van der Waals surface area (Å²) in [7, 11) is 0. The lowest BCUT2D eigenvalue weighted by atomic mass is 9.88. The third-order valence-electron chi connectivity index (χ3n) is 2.78. The van der Waals surface area contributed by atoms with Crippen LogP contribution in [-0.2, 0) is 4.74 Å². The van der Waals surface area contributed by atoms with Crippen LogP contribution in [0.2, 0.25) is 0 Å². The van der Waals surface area contributed by atoms with E-state index in [2.05, 4.69) is 13.8 Å². The normalized spacial score (nSPS) is 38.2. The minimum absolute atomic E-state index is 0.226. The fourth-order valence-electron chi connectivity index (χ4n) is 1.82. The SMILES string of the molecule is CC1CC[C@@H](C(C)C)CC(O)O1. The van der Waals surface area contributed by atoms with E-state index >= 15 is 0 Å². The summed E-state index contributed by atoms with van der Waals surface area (Å²) in [6, 6.07) is 0. The predicted octanol–water partition coefficient (Wildman–Crippen LogP) is 2.17. The van der Waals surface area contributed by atoms with Crippen molar-refractivity contribution in [3.63, 3.8) is 0 Å². The Balaban J connectivity index is 2.46. The van der Waals surface area contributed by atoms with Crippen molar-refractivity contribution in [2.75, 3.05) is 0 Å². The van der Waals surface area contributed by atoms with Gasteiger partial charge < -0.3 is 9.84 Å². The summed E-state index contributed by atoms with van der Waals surface area (Å²) in [5.74, 6) is 1.29. The van der Waals surface area contributed by atoms with Crippen LogP contribution in [0.4, 0.5) is 0 Å². The van der Waals surface area contributed by atoms with Crippen LogP contribution in [0.25, 0.3) is 0 Å². The highest BCUT2D eigenvalue weighted by Crippen LogP contribution is 2.28. The molecule has 1 N–H and O–H groups in total. The molecule has 0 aliphatic carbocycles. The van der Waals surface area contributed by atoms with Gasteiger partial charge in [0.05, 0.1) is 6.10 Å². The summed E-state index contributed by atoms with van der Waals surface area (Å²) in [6.07, 6.45) is 2.77. The largest absolute Gasteiger partial charge is 0.368 e. The van der Waals surface area contributed by atoms with E-state index in [4.69, 9.17) is 4.74 Å². The Morgan fingerprint density at radius 1 is 1.33 bits per heavy atom. The molecule has 1 heterocycles. The van der Waals surface area contributed by atoms with Gasteiger partial charge >= 0.3 is 0 Å². The first kappa shape index (κ1) is 10.0. The Morgan fingerprint density at radius 3 is 2.58 bits per heavy atom. The van der Waals surface area contributed by atoms with Gasteiger partial charge in [-0.3, -0.25) is 0 Å². The number of aliphatic hydroxyl groups excluding tert-OH is 1. The molecule has 1 rings (SSSR count). The van der Waals surface area contributed by atoms with E-state index in [0.717, 1.165) is 12.8 Å². The van der Waals surface area contributed by atoms with Crippen molar-refractivity contribution in [3.05, 3.63) is 0 Å². The average molecular weight is 172 g/mol. The summed E-state index contributed by atoms with van der Waals surface area (Å²) in [4.78, 5) is 0. The van der Waals surface area contributed by atoms with Gasteiger partial charge in [-0.1, -0.05) is 13.8 Å². The number of aliphatic hydroxyl groups is 1. The number of rotatable bonds is 1. The maximum absolute atomic E-state index is 9.46. The van der Waals surface area contributed by atoms with Gasteiger partial charge in [-0.05, 0) is 31.6 Å². The first-order chi connectivity index (χ1) is 5.59. The maximum atomic E-state index is 9.46. The quantitative estimate of drug-likeness (QED) is 0.657. The molecule has 72 valence electrons. The highest BCUT2D eigenvalue weighted by Gasteiger charge is 2.24. The van der Waals surface area contributed by atoms with Gasteiger partial charge in [0.25, 0.3) is 0 Å². The first-order valence-electron chi connectivity index (χ1n) is 4.93. The van der Waals surface area contributed by atoms with Crippen molar-refractivity contribution < 1.29 is 9.84 Å². The van der Waals surface area contributed by atoms with Gasteiger partial charge in [0.15, 0.2) is 6.29 Å². The number of hydrogen-bond donors (Lipinski definition) is 1. The molecule has 1 saturated heterocycles. The molecule has 0 amide bonds. The monoisotopic (exact) mass is 172 g/mol. The lowest BCUT2D eigenvalue weighted by Crippen LogP contribution is -2.18. The Labute approximate surface area is 74.9 Å². The van der Waals surface area contributed by atoms with Crippen LogP contribution < -0.4 is 0 Å². The Kier molecular flexibility index (Phi) is 3.53. The first-order valence-corrected chi connectivity index (χ1v) is 4.93. The zero-order valence-electron chi connectivity index (χ0n) is 8.29. The smallest absolute Gasteiger partial charge is 0.155 e. The van der Waals surface area contributed by atoms with Crippen molar-refractivity contribution in [1.82, 2.24) is 0 Å². The zero-order valence-corrected chi connectivity index (χ0v) is 8.29. The van der Waals surface area contributed by atoms with Crippen LogP contribution in [0.5, 0.6) is 0 Å². The highest BCUT2D eigenvalue weighted by atomic mass is 16.6. The predicted molar refractivity (Wildman–Crippen MR) is 48.7 cm³/mol. The van der Waals surface area contributed by atoms with E-state index in [1.165, 1.54) is 6.42 Å². The molecule has 0 aromatic rings. The van der Waals surface area contributed by atoms with Crippen LogP contribution in [-0.4, -0.2) is 17.5 Å². The van der Waals surface area contributed by atoms with E-state index in [1.807, 2.05) is 6.92 Å². The van der Waals surface area contributed by atoms with Crippen molar-refractivity contribution in [2.24, 2.45) is 11.8 Å². The summed E-state index contributed by atoms with van der Waals surface area (Å²) < 4.78 is 5.35. The van der Waals surface area contributed by atoms with Crippen molar-refractivity contribution in [3.8, 4) is 0 Å². The van der Waals surface area contributed by atoms with Gasteiger partial charge in [0.2, 0.25) is 0 Å². The topological polar surface area (TPSA) is 29.5 Å². The fraction of sp³-hybridized carbons (Fsp3) is 1.00. The second kappa shape index (κ2) is 4.24. The van der Waals surface area contributed by atoms with Gasteiger partial charge in [-0.25, -0.2) is 0 Å². The molecule has 0 aromatic carbocycles. The van der Waals surface area contributed by atoms with Gasteiger partial charge in [-0.2, -0.15) is 0 Å². The molecule has 3 atom stereocenters. The van der Waals surface area contributed by atoms with Gasteiger partial charge in [-0.15, -0.1) is 0 Å². The molecule has 1 fully saturated rings. The summed E-state index contributed by atoms with van der Waals surface area (Å²) in [6.45, 7) is 6.46. The van der Waals surface area contributed by atoms with Crippen LogP contribution in [0.15, 0.2) is 0 Å². The highest BCUT2D eigenvalue weighted by molar-refractivity contribution is 4.70. The summed E-state index contributed by atoms with van der Waals surface area (Å²) in [5, 5.41) is 9.46. The molecule has 1 aliphatic heterocycles. The van der Waals surface area contributed by atoms with E-state index in [0.29, 0.717) is 11.8 Å². The maximum Gasteiger partial charge on any atom is 0.155 e. The summed E-state index contributed by atoms with van der Waals surface area (Å²) in [5.41, 5.74) is 0. The molecule has 0 saturated carbocycles. The lowest BCUT2D eigenvalue weighted by molar-refractivity contribution is -0.131. The van der Waals surface area contributed by atoms with Crippen LogP contribution in [0, 0.1) is 11.8 Å². The number of ether oxygens (including phenoxy) is 1. The molecule has 0 spiro atoms. The molecule has 2 unspecified atom stereocenters. The van der Waals surface area contributed by atoms with Gasteiger partial charge in [0, 0.05) is 6.42 Å². The molecule has 2 heteroatoms. The molecule has 0 radical (unpaired) electrons. The standard InChI is InChI=1S/C10H20O2/c1-7(2)9-5-4-8(3)12-10(11)6-9/h7-11H,4-6H2,1-3H3/t8?,9-,10?/m1/s1. The van der Waals surface area contributed by atoms with Crippen LogP contribution in [0.3, 0.4) is 0 Å². The van der Waals surface area contributed by atoms with Crippen molar-refractivity contribution in [2.45, 2.75) is 52.4 Å². The van der Waals surface area contributed by atoms with E-state index in [1.54, 1.807) is 0 Å².